The highest BCUT2D eigenvalue weighted by molar-refractivity contribution is 7.86. The van der Waals surface area contributed by atoms with E-state index in [-0.39, 0.29) is 0 Å². The third-order valence-electron chi connectivity index (χ3n) is 6.83. The summed E-state index contributed by atoms with van der Waals surface area (Å²) in [7, 11) is -8.25. The largest absolute Gasteiger partial charge is 0.743 e. The molecule has 0 aliphatic heterocycles. The Kier molecular flexibility index (Phi) is 13.7. The van der Waals surface area contributed by atoms with Gasteiger partial charge in [0.1, 0.15) is 0 Å². The third kappa shape index (κ3) is 7.79. The fraction of sp³-hybridized carbons (Fsp3) is 1.00. The van der Waals surface area contributed by atoms with Crippen molar-refractivity contribution in [3.8, 4) is 0 Å². The van der Waals surface area contributed by atoms with E-state index in [1.807, 2.05) is 0 Å². The smallest absolute Gasteiger partial charge is 0.402 e. The summed E-state index contributed by atoms with van der Waals surface area (Å²) in [6.07, 6.45) is -16.8. The number of quaternary nitrogens is 1. The molecule has 274 valence electrons. The second-order valence-corrected chi connectivity index (χ2v) is 10.7. The highest BCUT2D eigenvalue weighted by atomic mass is 32.2. The Morgan fingerprint density at radius 1 is 0.533 bits per heavy atom. The Morgan fingerprint density at radius 3 is 1.02 bits per heavy atom. The maximum Gasteiger partial charge on any atom is 0.402 e. The molecule has 0 aromatic rings. The van der Waals surface area contributed by atoms with Crippen molar-refractivity contribution in [3.63, 3.8) is 0 Å². The van der Waals surface area contributed by atoms with E-state index in [1.165, 1.54) is 30.7 Å². The van der Waals surface area contributed by atoms with Crippen LogP contribution in [0.1, 0.15) is 40.5 Å². The van der Waals surface area contributed by atoms with Crippen LogP contribution in [0.25, 0.3) is 0 Å². The van der Waals surface area contributed by atoms with Gasteiger partial charge in [-0.25, -0.2) is 12.8 Å². The minimum Gasteiger partial charge on any atom is -0.743 e. The van der Waals surface area contributed by atoms with Crippen LogP contribution in [-0.2, 0) is 10.1 Å². The van der Waals surface area contributed by atoms with E-state index in [0.29, 0.717) is 0 Å². The van der Waals surface area contributed by atoms with Crippen molar-refractivity contribution < 1.29 is 105 Å². The second kappa shape index (κ2) is 13.5. The Morgan fingerprint density at radius 2 is 0.800 bits per heavy atom. The van der Waals surface area contributed by atoms with Crippen LogP contribution < -0.4 is 0 Å². The summed E-state index contributed by atoms with van der Waals surface area (Å²) >= 11 is 0. The van der Waals surface area contributed by atoms with Crippen LogP contribution in [0.4, 0.5) is 87.8 Å². The minimum atomic E-state index is -9.08. The molecule has 1 atom stereocenters. The molecule has 1 unspecified atom stereocenters. The zero-order valence-corrected chi connectivity index (χ0v) is 23.8. The lowest BCUT2D eigenvalue weighted by molar-refractivity contribution is -0.921. The predicted octanol–water partition coefficient (Wildman–Crippen LogP) is 8.13. The first-order valence-electron chi connectivity index (χ1n) is 11.9. The molecular weight excluding hydrogens is 714 g/mol. The van der Waals surface area contributed by atoms with Gasteiger partial charge < -0.3 is 9.04 Å². The third-order valence-corrected chi connectivity index (χ3v) is 7.71. The summed E-state index contributed by atoms with van der Waals surface area (Å²) in [5, 5.41) is -8.06. The molecule has 4 nitrogen and oxygen atoms in total. The molecule has 0 amide bonds. The Labute approximate surface area is 242 Å². The van der Waals surface area contributed by atoms with Crippen LogP contribution in [0.15, 0.2) is 0 Å². The van der Waals surface area contributed by atoms with Gasteiger partial charge in [-0.1, -0.05) is 0 Å². The maximum atomic E-state index is 13.5. The molecule has 0 spiro atoms. The van der Waals surface area contributed by atoms with Crippen molar-refractivity contribution in [3.05, 3.63) is 0 Å². The highest BCUT2D eigenvalue weighted by Gasteiger charge is 2.95. The molecule has 25 heteroatoms. The molecule has 0 bridgehead atoms. The Balaban J connectivity index is 0. The lowest BCUT2D eigenvalue weighted by Gasteiger charge is -2.44. The van der Waals surface area contributed by atoms with Gasteiger partial charge in [0.2, 0.25) is 0 Å². The minimum absolute atomic E-state index is 1.28. The first kappa shape index (κ1) is 45.6. The molecule has 0 fully saturated rings. The van der Waals surface area contributed by atoms with Crippen LogP contribution in [0.5, 0.6) is 0 Å². The van der Waals surface area contributed by atoms with E-state index < -0.39 is 82.0 Å². The van der Waals surface area contributed by atoms with Gasteiger partial charge in [-0.15, -0.1) is 0 Å². The summed E-state index contributed by atoms with van der Waals surface area (Å²) in [6, 6.07) is 0. The lowest BCUT2D eigenvalue weighted by atomic mass is 9.87. The number of alkyl halides is 20. The second-order valence-electron chi connectivity index (χ2n) is 9.27. The molecule has 0 heterocycles. The quantitative estimate of drug-likeness (QED) is 0.0969. The first-order chi connectivity index (χ1) is 19.4. The van der Waals surface area contributed by atoms with Crippen LogP contribution >= 0.6 is 0 Å². The van der Waals surface area contributed by atoms with Crippen molar-refractivity contribution >= 4 is 10.1 Å². The van der Waals surface area contributed by atoms with Gasteiger partial charge in [0.25, 0.3) is 0 Å². The molecule has 0 aromatic heterocycles. The normalized spacial score (nSPS) is 16.3. The fourth-order valence-corrected chi connectivity index (χ4v) is 3.79. The molecule has 0 aromatic carbocycles. The Bertz CT molecular complexity index is 1050. The number of rotatable bonds is 15. The van der Waals surface area contributed by atoms with Gasteiger partial charge in [0.05, 0.1) is 26.2 Å². The van der Waals surface area contributed by atoms with Crippen molar-refractivity contribution in [2.75, 3.05) is 26.2 Å². The van der Waals surface area contributed by atoms with E-state index in [4.69, 9.17) is 0 Å². The summed E-state index contributed by atoms with van der Waals surface area (Å²) < 4.78 is 293. The molecule has 0 saturated heterocycles. The summed E-state index contributed by atoms with van der Waals surface area (Å²) in [4.78, 5) is 0. The van der Waals surface area contributed by atoms with E-state index in [0.717, 1.165) is 0 Å². The SMILES string of the molecule is CC[N+](CC)(CC)CC.O=S(=O)([O-])C(F)(F)C(F)(F)C(F)(F)C(F)(F)C(F)(F)C(F)(F)C(F)(F)C(F)(F)C(F)CCC(F)(F)F. The Hall–Kier alpha value is -1.53. The van der Waals surface area contributed by atoms with E-state index in [2.05, 4.69) is 27.7 Å². The number of halogens is 20. The molecule has 0 rings (SSSR count). The molecule has 0 aliphatic rings. The lowest BCUT2D eigenvalue weighted by Crippen LogP contribution is -2.75. The summed E-state index contributed by atoms with van der Waals surface area (Å²) in [6.45, 7) is 14.2. The van der Waals surface area contributed by atoms with Gasteiger partial charge in [-0.05, 0) is 34.1 Å². The monoisotopic (exact) mass is 739 g/mol. The number of hydrogen-bond acceptors (Lipinski definition) is 3. The van der Waals surface area contributed by atoms with Crippen molar-refractivity contribution in [2.45, 2.75) is 99.6 Å². The van der Waals surface area contributed by atoms with Gasteiger partial charge in [-0.2, -0.15) is 83.4 Å². The van der Waals surface area contributed by atoms with Gasteiger partial charge in [-0.3, -0.25) is 0 Å². The zero-order chi connectivity index (χ0) is 37.3. The maximum absolute atomic E-state index is 13.5. The standard InChI is InChI=1S/C12H6F20O3S.C8H20N/c13-3(1-2-4(14,15)16)5(17,18)6(19,20)7(21,22)8(23,24)9(25,26)10(27,28)11(29,30)12(31,32)36(33,34)35;1-5-9(6-2,7-3)8-4/h3H,1-2H2,(H,33,34,35);5-8H2,1-4H3/q;+1/p-1. The molecule has 45 heavy (non-hydrogen) atoms. The van der Waals surface area contributed by atoms with Crippen LogP contribution in [-0.4, -0.2) is 103 Å². The van der Waals surface area contributed by atoms with E-state index in [9.17, 15) is 101 Å². The van der Waals surface area contributed by atoms with Crippen LogP contribution in [0.3, 0.4) is 0 Å². The predicted molar refractivity (Wildman–Crippen MR) is 112 cm³/mol. The first-order valence-corrected chi connectivity index (χ1v) is 13.3. The van der Waals surface area contributed by atoms with Gasteiger partial charge in [0, 0.05) is 6.42 Å². The van der Waals surface area contributed by atoms with Crippen LogP contribution in [0, 0.1) is 0 Å². The van der Waals surface area contributed by atoms with E-state index >= 15 is 0 Å². The topological polar surface area (TPSA) is 57.2 Å². The zero-order valence-electron chi connectivity index (χ0n) is 23.0. The fourth-order valence-electron chi connectivity index (χ4n) is 3.35. The van der Waals surface area contributed by atoms with Crippen LogP contribution in [0.2, 0.25) is 0 Å². The van der Waals surface area contributed by atoms with E-state index in [1.54, 1.807) is 0 Å². The molecule has 0 aliphatic carbocycles. The molecular formula is C20H25F20NO3S. The van der Waals surface area contributed by atoms with Gasteiger partial charge in [0.15, 0.2) is 16.3 Å². The van der Waals surface area contributed by atoms with Crippen molar-refractivity contribution in [1.82, 2.24) is 0 Å². The molecule has 0 saturated carbocycles. The van der Waals surface area contributed by atoms with Gasteiger partial charge >= 0.3 is 52.9 Å². The number of nitrogens with zero attached hydrogens (tertiary/aromatic N) is 1. The highest BCUT2D eigenvalue weighted by Crippen LogP contribution is 2.64. The van der Waals surface area contributed by atoms with Crippen molar-refractivity contribution in [1.29, 1.82) is 0 Å². The number of hydrogen-bond donors (Lipinski definition) is 0. The van der Waals surface area contributed by atoms with Crippen molar-refractivity contribution in [2.24, 2.45) is 0 Å². The molecule has 0 radical (unpaired) electrons. The summed E-state index contributed by atoms with van der Waals surface area (Å²) in [5.41, 5.74) is 0. The molecule has 0 N–H and O–H groups in total. The average Bonchev–Trinajstić information content (AvgIpc) is 2.87. The average molecular weight is 739 g/mol. The summed E-state index contributed by atoms with van der Waals surface area (Å²) in [5.74, 6) is -60.6.